The van der Waals surface area contributed by atoms with Crippen molar-refractivity contribution in [2.45, 2.75) is 31.2 Å². The van der Waals surface area contributed by atoms with Crippen molar-refractivity contribution >= 4 is 11.6 Å². The monoisotopic (exact) mass is 232 g/mol. The summed E-state index contributed by atoms with van der Waals surface area (Å²) in [7, 11) is 0. The second kappa shape index (κ2) is 3.82. The van der Waals surface area contributed by atoms with E-state index in [-0.39, 0.29) is 11.4 Å². The first kappa shape index (κ1) is 10.7. The molecule has 3 rings (SSSR count). The topological polar surface area (TPSA) is 55.6 Å². The molecule has 2 aliphatic rings. The fraction of sp³-hybridized carbons (Fsp3) is 0.462. The lowest BCUT2D eigenvalue weighted by Crippen LogP contribution is -2.25. The largest absolute Gasteiger partial charge is 0.325 e. The molecule has 0 spiro atoms. The number of amides is 1. The van der Waals surface area contributed by atoms with Gasteiger partial charge in [-0.25, -0.2) is 0 Å². The molecule has 1 aromatic carbocycles. The van der Waals surface area contributed by atoms with Crippen LogP contribution < -0.4 is 10.8 Å². The molecular weight excluding hydrogens is 216 g/mol. The first-order chi connectivity index (χ1) is 8.16. The molecule has 0 atom stereocenters. The van der Waals surface area contributed by atoms with Crippen molar-refractivity contribution < 1.29 is 9.63 Å². The molecule has 4 heteroatoms. The van der Waals surface area contributed by atoms with Gasteiger partial charge in [-0.05, 0) is 37.0 Å². The SMILES string of the molecule is NC1(Cc2ccc(N3OCCC3=O)cc2)CC1. The third-order valence-electron chi connectivity index (χ3n) is 3.38. The van der Waals surface area contributed by atoms with Crippen molar-refractivity contribution in [1.82, 2.24) is 0 Å². The van der Waals surface area contributed by atoms with E-state index < -0.39 is 0 Å². The number of anilines is 1. The quantitative estimate of drug-likeness (QED) is 0.856. The van der Waals surface area contributed by atoms with Crippen LogP contribution in [0.4, 0.5) is 5.69 Å². The second-order valence-electron chi connectivity index (χ2n) is 4.98. The lowest BCUT2D eigenvalue weighted by molar-refractivity contribution is -0.119. The van der Waals surface area contributed by atoms with Gasteiger partial charge in [-0.3, -0.25) is 9.63 Å². The minimum absolute atomic E-state index is 0.0234. The Kier molecular flexibility index (Phi) is 2.42. The molecular formula is C13H16N2O2. The van der Waals surface area contributed by atoms with E-state index in [2.05, 4.69) is 0 Å². The smallest absolute Gasteiger partial charge is 0.253 e. The molecule has 2 fully saturated rings. The van der Waals surface area contributed by atoms with Crippen molar-refractivity contribution in [2.75, 3.05) is 11.7 Å². The number of hydrogen-bond acceptors (Lipinski definition) is 3. The van der Waals surface area contributed by atoms with E-state index in [1.54, 1.807) is 0 Å². The molecule has 1 aliphatic carbocycles. The van der Waals surface area contributed by atoms with Gasteiger partial charge in [0.15, 0.2) is 0 Å². The van der Waals surface area contributed by atoms with E-state index in [9.17, 15) is 4.79 Å². The number of rotatable bonds is 3. The average Bonchev–Trinajstić information content (AvgIpc) is 2.87. The lowest BCUT2D eigenvalue weighted by atomic mass is 10.0. The molecule has 1 heterocycles. The van der Waals surface area contributed by atoms with E-state index in [0.29, 0.717) is 13.0 Å². The number of carbonyl (C=O) groups is 1. The Balaban J connectivity index is 1.73. The summed E-state index contributed by atoms with van der Waals surface area (Å²) in [6.45, 7) is 0.479. The first-order valence-corrected chi connectivity index (χ1v) is 6.00. The maximum atomic E-state index is 11.5. The van der Waals surface area contributed by atoms with Gasteiger partial charge in [0.25, 0.3) is 5.91 Å². The van der Waals surface area contributed by atoms with Gasteiger partial charge in [-0.2, -0.15) is 5.06 Å². The zero-order valence-electron chi connectivity index (χ0n) is 9.69. The third-order valence-corrected chi connectivity index (χ3v) is 3.38. The van der Waals surface area contributed by atoms with Crippen LogP contribution in [0.3, 0.4) is 0 Å². The lowest BCUT2D eigenvalue weighted by Gasteiger charge is -2.15. The normalized spacial score (nSPS) is 21.9. The highest BCUT2D eigenvalue weighted by Crippen LogP contribution is 2.35. The summed E-state index contributed by atoms with van der Waals surface area (Å²) in [5, 5.41) is 1.37. The Labute approximate surface area is 100 Å². The highest BCUT2D eigenvalue weighted by Gasteiger charge is 2.37. The molecule has 0 unspecified atom stereocenters. The summed E-state index contributed by atoms with van der Waals surface area (Å²) >= 11 is 0. The van der Waals surface area contributed by atoms with Crippen LogP contribution in [0.25, 0.3) is 0 Å². The maximum absolute atomic E-state index is 11.5. The minimum atomic E-state index is 0.0234. The Bertz CT molecular complexity index is 437. The van der Waals surface area contributed by atoms with Gasteiger partial charge >= 0.3 is 0 Å². The summed E-state index contributed by atoms with van der Waals surface area (Å²) in [4.78, 5) is 16.7. The van der Waals surface area contributed by atoms with Gasteiger partial charge in [0.05, 0.1) is 18.7 Å². The predicted octanol–water partition coefficient (Wildman–Crippen LogP) is 1.39. The van der Waals surface area contributed by atoms with Gasteiger partial charge < -0.3 is 5.73 Å². The van der Waals surface area contributed by atoms with E-state index in [4.69, 9.17) is 10.6 Å². The van der Waals surface area contributed by atoms with E-state index in [0.717, 1.165) is 24.9 Å². The van der Waals surface area contributed by atoms with Crippen molar-refractivity contribution in [3.63, 3.8) is 0 Å². The van der Waals surface area contributed by atoms with Gasteiger partial charge in [-0.15, -0.1) is 0 Å². The Morgan fingerprint density at radius 2 is 2.00 bits per heavy atom. The van der Waals surface area contributed by atoms with Gasteiger partial charge in [0, 0.05) is 5.54 Å². The molecule has 17 heavy (non-hydrogen) atoms. The standard InChI is InChI=1S/C13H16N2O2/c14-13(6-7-13)9-10-1-3-11(4-2-10)15-12(16)5-8-17-15/h1-4H,5-9,14H2. The summed E-state index contributed by atoms with van der Waals surface area (Å²) in [6, 6.07) is 7.89. The van der Waals surface area contributed by atoms with Crippen LogP contribution in [0.15, 0.2) is 24.3 Å². The molecule has 1 saturated carbocycles. The molecule has 0 aromatic heterocycles. The number of hydrogen-bond donors (Lipinski definition) is 1. The molecule has 0 radical (unpaired) electrons. The number of carbonyl (C=O) groups excluding carboxylic acids is 1. The van der Waals surface area contributed by atoms with Crippen LogP contribution in [-0.4, -0.2) is 18.1 Å². The molecule has 0 bridgehead atoms. The van der Waals surface area contributed by atoms with Crippen LogP contribution >= 0.6 is 0 Å². The highest BCUT2D eigenvalue weighted by molar-refractivity contribution is 5.92. The Morgan fingerprint density at radius 3 is 2.53 bits per heavy atom. The van der Waals surface area contributed by atoms with Crippen LogP contribution in [0.5, 0.6) is 0 Å². The molecule has 2 N–H and O–H groups in total. The summed E-state index contributed by atoms with van der Waals surface area (Å²) in [5.41, 5.74) is 8.13. The van der Waals surface area contributed by atoms with Crippen LogP contribution in [0.2, 0.25) is 0 Å². The van der Waals surface area contributed by atoms with Crippen molar-refractivity contribution in [3.05, 3.63) is 29.8 Å². The van der Waals surface area contributed by atoms with Crippen LogP contribution in [0.1, 0.15) is 24.8 Å². The minimum Gasteiger partial charge on any atom is -0.325 e. The number of benzene rings is 1. The van der Waals surface area contributed by atoms with Gasteiger partial charge in [0.1, 0.15) is 0 Å². The van der Waals surface area contributed by atoms with Crippen molar-refractivity contribution in [2.24, 2.45) is 5.73 Å². The summed E-state index contributed by atoms with van der Waals surface area (Å²) in [5.74, 6) is 0.0234. The predicted molar refractivity (Wildman–Crippen MR) is 64.4 cm³/mol. The second-order valence-corrected chi connectivity index (χ2v) is 4.98. The molecule has 1 aliphatic heterocycles. The summed E-state index contributed by atoms with van der Waals surface area (Å²) < 4.78 is 0. The molecule has 1 amide bonds. The van der Waals surface area contributed by atoms with E-state index in [1.165, 1.54) is 10.6 Å². The van der Waals surface area contributed by atoms with Crippen molar-refractivity contribution in [3.8, 4) is 0 Å². The maximum Gasteiger partial charge on any atom is 0.253 e. The Hall–Kier alpha value is -1.39. The van der Waals surface area contributed by atoms with Gasteiger partial charge in [0.2, 0.25) is 0 Å². The Morgan fingerprint density at radius 1 is 1.29 bits per heavy atom. The highest BCUT2D eigenvalue weighted by atomic mass is 16.7. The fourth-order valence-corrected chi connectivity index (χ4v) is 2.11. The fourth-order valence-electron chi connectivity index (χ4n) is 2.11. The van der Waals surface area contributed by atoms with E-state index >= 15 is 0 Å². The number of hydroxylamine groups is 1. The zero-order chi connectivity index (χ0) is 11.9. The number of nitrogens with two attached hydrogens (primary N) is 1. The third kappa shape index (κ3) is 2.18. The van der Waals surface area contributed by atoms with E-state index in [1.807, 2.05) is 24.3 Å². The molecule has 1 aromatic rings. The van der Waals surface area contributed by atoms with Crippen LogP contribution in [-0.2, 0) is 16.1 Å². The average molecular weight is 232 g/mol. The van der Waals surface area contributed by atoms with Crippen LogP contribution in [0, 0.1) is 0 Å². The van der Waals surface area contributed by atoms with Gasteiger partial charge in [-0.1, -0.05) is 12.1 Å². The summed E-state index contributed by atoms with van der Waals surface area (Å²) in [6.07, 6.45) is 3.61. The molecule has 4 nitrogen and oxygen atoms in total. The molecule has 1 saturated heterocycles. The molecule has 90 valence electrons. The zero-order valence-corrected chi connectivity index (χ0v) is 9.69. The van der Waals surface area contributed by atoms with Crippen molar-refractivity contribution in [1.29, 1.82) is 0 Å². The number of nitrogens with zero attached hydrogens (tertiary/aromatic N) is 1. The first-order valence-electron chi connectivity index (χ1n) is 6.00.